The van der Waals surface area contributed by atoms with Gasteiger partial charge in [-0.15, -0.1) is 0 Å². The van der Waals surface area contributed by atoms with Gasteiger partial charge in [0.2, 0.25) is 5.91 Å². The van der Waals surface area contributed by atoms with Crippen LogP contribution in [0.1, 0.15) is 31.4 Å². The Balaban J connectivity index is 2.21. The average molecular weight is 403 g/mol. The van der Waals surface area contributed by atoms with Gasteiger partial charge in [-0.3, -0.25) is 9.59 Å². The zero-order chi connectivity index (χ0) is 20.5. The minimum atomic E-state index is -0.567. The molecule has 0 aliphatic carbocycles. The minimum absolute atomic E-state index is 0.163. The summed E-state index contributed by atoms with van der Waals surface area (Å²) in [5.41, 5.74) is 2.07. The number of halogens is 1. The zero-order valence-corrected chi connectivity index (χ0v) is 17.3. The van der Waals surface area contributed by atoms with Crippen molar-refractivity contribution in [2.75, 3.05) is 13.2 Å². The van der Waals surface area contributed by atoms with Crippen LogP contribution in [0.4, 0.5) is 0 Å². The topological polar surface area (TPSA) is 58.6 Å². The maximum absolute atomic E-state index is 13.0. The molecule has 0 aliphatic rings. The van der Waals surface area contributed by atoms with Crippen LogP contribution in [0.2, 0.25) is 5.02 Å². The fourth-order valence-corrected chi connectivity index (χ4v) is 3.19. The van der Waals surface area contributed by atoms with Gasteiger partial charge in [-0.05, 0) is 38.0 Å². The number of ether oxygens (including phenoxy) is 1. The number of carbonyl (C=O) groups excluding carboxylic acids is 2. The summed E-state index contributed by atoms with van der Waals surface area (Å²) < 4.78 is 5.62. The highest BCUT2D eigenvalue weighted by Crippen LogP contribution is 2.23. The van der Waals surface area contributed by atoms with Gasteiger partial charge in [0.15, 0.2) is 6.61 Å². The Morgan fingerprint density at radius 3 is 2.54 bits per heavy atom. The molecule has 2 aromatic carbocycles. The molecule has 1 N–H and O–H groups in total. The fourth-order valence-electron chi connectivity index (χ4n) is 3.00. The molecular formula is C22H27ClN2O3. The van der Waals surface area contributed by atoms with E-state index in [0.717, 1.165) is 11.1 Å². The number of nitrogens with zero attached hydrogens (tertiary/aromatic N) is 1. The van der Waals surface area contributed by atoms with Gasteiger partial charge in [-0.2, -0.15) is 0 Å². The van der Waals surface area contributed by atoms with E-state index in [9.17, 15) is 9.59 Å². The van der Waals surface area contributed by atoms with Crippen molar-refractivity contribution < 1.29 is 14.3 Å². The Morgan fingerprint density at radius 2 is 1.89 bits per heavy atom. The number of hydrogen-bond donors (Lipinski definition) is 1. The second-order valence-electron chi connectivity index (χ2n) is 6.55. The summed E-state index contributed by atoms with van der Waals surface area (Å²) in [6.45, 7) is 6.41. The van der Waals surface area contributed by atoms with E-state index < -0.39 is 6.04 Å². The Hall–Kier alpha value is -2.53. The molecule has 6 heteroatoms. The van der Waals surface area contributed by atoms with Crippen molar-refractivity contribution in [2.24, 2.45) is 0 Å². The number of aryl methyl sites for hydroxylation is 1. The fraction of sp³-hybridized carbons (Fsp3) is 0.364. The van der Waals surface area contributed by atoms with E-state index in [4.69, 9.17) is 16.3 Å². The molecule has 2 rings (SSSR count). The molecule has 0 aromatic heterocycles. The molecule has 1 unspecified atom stereocenters. The summed E-state index contributed by atoms with van der Waals surface area (Å²) in [6, 6.07) is 14.3. The first-order chi connectivity index (χ1) is 13.5. The quantitative estimate of drug-likeness (QED) is 0.690. The van der Waals surface area contributed by atoms with Crippen molar-refractivity contribution in [3.05, 3.63) is 64.7 Å². The van der Waals surface area contributed by atoms with Crippen LogP contribution < -0.4 is 10.1 Å². The first-order valence-electron chi connectivity index (χ1n) is 9.46. The summed E-state index contributed by atoms with van der Waals surface area (Å²) in [5, 5.41) is 3.26. The van der Waals surface area contributed by atoms with Gasteiger partial charge in [0, 0.05) is 13.1 Å². The Bertz CT molecular complexity index is 810. The number of nitrogens with one attached hydrogen (secondary N) is 1. The molecular weight excluding hydrogens is 376 g/mol. The van der Waals surface area contributed by atoms with E-state index in [2.05, 4.69) is 5.32 Å². The van der Waals surface area contributed by atoms with E-state index in [-0.39, 0.29) is 18.4 Å². The minimum Gasteiger partial charge on any atom is -0.482 e. The Labute approximate surface area is 171 Å². The van der Waals surface area contributed by atoms with Crippen molar-refractivity contribution in [1.29, 1.82) is 0 Å². The van der Waals surface area contributed by atoms with E-state index in [1.807, 2.05) is 45.0 Å². The molecule has 0 saturated heterocycles. The number of hydrogen-bond acceptors (Lipinski definition) is 3. The maximum atomic E-state index is 13.0. The molecule has 0 heterocycles. The highest BCUT2D eigenvalue weighted by Gasteiger charge is 2.28. The van der Waals surface area contributed by atoms with Crippen molar-refractivity contribution in [1.82, 2.24) is 10.2 Å². The predicted octanol–water partition coefficient (Wildman–Crippen LogP) is 3.97. The van der Waals surface area contributed by atoms with Gasteiger partial charge < -0.3 is 15.0 Å². The number of benzene rings is 2. The van der Waals surface area contributed by atoms with Crippen LogP contribution in [-0.4, -0.2) is 35.9 Å². The lowest BCUT2D eigenvalue weighted by Crippen LogP contribution is -2.50. The molecule has 0 bridgehead atoms. The number of rotatable bonds is 9. The lowest BCUT2D eigenvalue weighted by Gasteiger charge is -2.30. The normalized spacial score (nSPS) is 11.6. The summed E-state index contributed by atoms with van der Waals surface area (Å²) in [7, 11) is 0. The molecule has 1 atom stereocenters. The molecule has 150 valence electrons. The van der Waals surface area contributed by atoms with Crippen LogP contribution in [0.25, 0.3) is 0 Å². The van der Waals surface area contributed by atoms with Gasteiger partial charge in [-0.1, -0.05) is 60.5 Å². The molecule has 28 heavy (non-hydrogen) atoms. The molecule has 0 saturated carbocycles. The third kappa shape index (κ3) is 5.99. The largest absolute Gasteiger partial charge is 0.482 e. The van der Waals surface area contributed by atoms with Gasteiger partial charge >= 0.3 is 0 Å². The second-order valence-corrected chi connectivity index (χ2v) is 6.96. The van der Waals surface area contributed by atoms with Gasteiger partial charge in [0.25, 0.3) is 5.91 Å². The number of amides is 2. The molecule has 2 aromatic rings. The van der Waals surface area contributed by atoms with Crippen LogP contribution in [0.15, 0.2) is 48.5 Å². The summed E-state index contributed by atoms with van der Waals surface area (Å²) in [4.78, 5) is 27.1. The molecule has 0 fully saturated rings. The number of para-hydroxylation sites is 1. The first-order valence-corrected chi connectivity index (χ1v) is 9.84. The van der Waals surface area contributed by atoms with Crippen LogP contribution in [0.3, 0.4) is 0 Å². The average Bonchev–Trinajstić information content (AvgIpc) is 2.67. The highest BCUT2D eigenvalue weighted by atomic mass is 35.5. The van der Waals surface area contributed by atoms with E-state index in [0.29, 0.717) is 30.3 Å². The highest BCUT2D eigenvalue weighted by molar-refractivity contribution is 6.32. The lowest BCUT2D eigenvalue weighted by atomic mass is 10.1. The molecule has 0 radical (unpaired) electrons. The third-order valence-electron chi connectivity index (χ3n) is 4.36. The maximum Gasteiger partial charge on any atom is 0.261 e. The zero-order valence-electron chi connectivity index (χ0n) is 16.6. The number of carbonyl (C=O) groups is 2. The first kappa shape index (κ1) is 21.8. The van der Waals surface area contributed by atoms with E-state index in [1.54, 1.807) is 29.2 Å². The van der Waals surface area contributed by atoms with Gasteiger partial charge in [0.1, 0.15) is 11.8 Å². The van der Waals surface area contributed by atoms with E-state index >= 15 is 0 Å². The van der Waals surface area contributed by atoms with Crippen LogP contribution in [-0.2, 0) is 16.1 Å². The predicted molar refractivity (Wildman–Crippen MR) is 111 cm³/mol. The van der Waals surface area contributed by atoms with Gasteiger partial charge in [0.05, 0.1) is 5.02 Å². The number of likely N-dealkylation sites (N-methyl/N-ethyl adjacent to an activating group) is 1. The smallest absolute Gasteiger partial charge is 0.261 e. The van der Waals surface area contributed by atoms with Crippen molar-refractivity contribution >= 4 is 23.4 Å². The van der Waals surface area contributed by atoms with Crippen molar-refractivity contribution in [2.45, 2.75) is 39.8 Å². The van der Waals surface area contributed by atoms with E-state index in [1.165, 1.54) is 0 Å². The second kappa shape index (κ2) is 10.7. The standard InChI is InChI=1S/C22H27ClN2O3/c1-4-19(22(27)24-5-2)25(14-17-10-8-9-16(3)13-17)21(26)15-28-20-12-7-6-11-18(20)23/h6-13,19H,4-5,14-15H2,1-3H3,(H,24,27). The van der Waals surface area contributed by atoms with Crippen molar-refractivity contribution in [3.63, 3.8) is 0 Å². The van der Waals surface area contributed by atoms with Crippen LogP contribution in [0, 0.1) is 6.92 Å². The Kier molecular flexibility index (Phi) is 8.33. The summed E-state index contributed by atoms with van der Waals surface area (Å²) in [5.74, 6) is 0.0161. The monoisotopic (exact) mass is 402 g/mol. The van der Waals surface area contributed by atoms with Crippen molar-refractivity contribution in [3.8, 4) is 5.75 Å². The van der Waals surface area contributed by atoms with Crippen LogP contribution >= 0.6 is 11.6 Å². The summed E-state index contributed by atoms with van der Waals surface area (Å²) in [6.07, 6.45) is 0.509. The SMILES string of the molecule is CCNC(=O)C(CC)N(Cc1cccc(C)c1)C(=O)COc1ccccc1Cl. The molecule has 2 amide bonds. The third-order valence-corrected chi connectivity index (χ3v) is 4.67. The Morgan fingerprint density at radius 1 is 1.14 bits per heavy atom. The van der Waals surface area contributed by atoms with Crippen LogP contribution in [0.5, 0.6) is 5.75 Å². The molecule has 0 aliphatic heterocycles. The lowest BCUT2D eigenvalue weighted by molar-refractivity contribution is -0.142. The molecule has 0 spiro atoms. The molecule has 5 nitrogen and oxygen atoms in total. The summed E-state index contributed by atoms with van der Waals surface area (Å²) >= 11 is 6.10. The van der Waals surface area contributed by atoms with Gasteiger partial charge in [-0.25, -0.2) is 0 Å².